The third-order valence-electron chi connectivity index (χ3n) is 2.99. The maximum absolute atomic E-state index is 4.35. The van der Waals surface area contributed by atoms with Crippen LogP contribution in [-0.2, 0) is 0 Å². The molecule has 0 aliphatic carbocycles. The summed E-state index contributed by atoms with van der Waals surface area (Å²) in [5, 5.41) is 0. The fourth-order valence-electron chi connectivity index (χ4n) is 1.03. The average molecular weight is 327 g/mol. The lowest BCUT2D eigenvalue weighted by Crippen LogP contribution is -2.06. The Balaban J connectivity index is 0.000000711. The van der Waals surface area contributed by atoms with Crippen molar-refractivity contribution in [2.45, 2.75) is 61.3 Å². The third-order valence-corrected chi connectivity index (χ3v) is 3.37. The number of aromatic nitrogens is 2. The Bertz CT molecular complexity index is 415. The molecule has 1 heterocycles. The van der Waals surface area contributed by atoms with Gasteiger partial charge in [0, 0.05) is 0 Å². The fourth-order valence-corrected chi connectivity index (χ4v) is 1.39. The molecule has 0 aliphatic rings. The van der Waals surface area contributed by atoms with Gasteiger partial charge in [-0.3, -0.25) is 4.98 Å². The second-order valence-corrected chi connectivity index (χ2v) is 6.55. The SMILES string of the molecule is C/C(=C\c1ncc(Br)nc1C)C(C)(C)C.CCCC. The van der Waals surface area contributed by atoms with Crippen LogP contribution in [0.3, 0.4) is 0 Å². The van der Waals surface area contributed by atoms with E-state index in [0.717, 1.165) is 16.0 Å². The standard InChI is InChI=1S/C12H17BrN2.C4H10/c1-8(12(3,4)5)6-10-9(2)15-11(13)7-14-10;1-3-4-2/h6-7H,1-5H3;3-4H2,1-2H3/b8-6+;. The lowest BCUT2D eigenvalue weighted by Gasteiger charge is -2.19. The summed E-state index contributed by atoms with van der Waals surface area (Å²) in [6.07, 6.45) is 6.48. The van der Waals surface area contributed by atoms with Crippen molar-refractivity contribution in [3.63, 3.8) is 0 Å². The second kappa shape index (κ2) is 8.47. The molecule has 2 nitrogen and oxygen atoms in total. The van der Waals surface area contributed by atoms with Gasteiger partial charge < -0.3 is 0 Å². The predicted octanol–water partition coefficient (Wildman–Crippen LogP) is 5.80. The Kier molecular flexibility index (Phi) is 8.15. The maximum atomic E-state index is 4.35. The third kappa shape index (κ3) is 7.46. The number of allylic oxidation sites excluding steroid dienone is 1. The van der Waals surface area contributed by atoms with Crippen LogP contribution in [0, 0.1) is 12.3 Å². The molecule has 1 rings (SSSR count). The molecular weight excluding hydrogens is 300 g/mol. The first-order chi connectivity index (χ1) is 8.72. The van der Waals surface area contributed by atoms with E-state index in [9.17, 15) is 0 Å². The van der Waals surface area contributed by atoms with E-state index in [1.165, 1.54) is 18.4 Å². The summed E-state index contributed by atoms with van der Waals surface area (Å²) in [7, 11) is 0. The zero-order chi connectivity index (χ0) is 15.1. The summed E-state index contributed by atoms with van der Waals surface area (Å²) < 4.78 is 0.783. The first-order valence-electron chi connectivity index (χ1n) is 6.90. The van der Waals surface area contributed by atoms with Crippen LogP contribution in [0.2, 0.25) is 0 Å². The minimum atomic E-state index is 0.182. The molecule has 1 aromatic heterocycles. The summed E-state index contributed by atoms with van der Waals surface area (Å²) in [6, 6.07) is 0. The molecule has 0 bridgehead atoms. The first kappa shape index (κ1) is 18.3. The van der Waals surface area contributed by atoms with Crippen molar-refractivity contribution in [2.75, 3.05) is 0 Å². The van der Waals surface area contributed by atoms with Gasteiger partial charge in [0.15, 0.2) is 0 Å². The summed E-state index contributed by atoms with van der Waals surface area (Å²) in [4.78, 5) is 8.66. The van der Waals surface area contributed by atoms with Crippen LogP contribution in [0.25, 0.3) is 6.08 Å². The average Bonchev–Trinajstić information content (AvgIpc) is 2.31. The summed E-state index contributed by atoms with van der Waals surface area (Å²) >= 11 is 3.31. The lowest BCUT2D eigenvalue weighted by molar-refractivity contribution is 0.507. The molecule has 0 saturated carbocycles. The van der Waals surface area contributed by atoms with E-state index in [2.05, 4.69) is 73.5 Å². The van der Waals surface area contributed by atoms with Crippen LogP contribution in [0.4, 0.5) is 0 Å². The minimum absolute atomic E-state index is 0.182. The molecule has 0 N–H and O–H groups in total. The van der Waals surface area contributed by atoms with Gasteiger partial charge in [-0.05, 0) is 41.3 Å². The molecular formula is C16H27BrN2. The van der Waals surface area contributed by atoms with Gasteiger partial charge in [0.2, 0.25) is 0 Å². The zero-order valence-corrected chi connectivity index (χ0v) is 14.9. The van der Waals surface area contributed by atoms with Gasteiger partial charge in [0.1, 0.15) is 4.60 Å². The Hall–Kier alpha value is -0.700. The van der Waals surface area contributed by atoms with Gasteiger partial charge in [-0.2, -0.15) is 0 Å². The number of rotatable bonds is 2. The molecule has 19 heavy (non-hydrogen) atoms. The van der Waals surface area contributed by atoms with Crippen LogP contribution < -0.4 is 0 Å². The normalized spacial score (nSPS) is 11.9. The van der Waals surface area contributed by atoms with E-state index < -0.39 is 0 Å². The molecule has 0 atom stereocenters. The lowest BCUT2D eigenvalue weighted by atomic mass is 9.87. The molecule has 3 heteroatoms. The quantitative estimate of drug-likeness (QED) is 0.685. The van der Waals surface area contributed by atoms with Crippen molar-refractivity contribution in [2.24, 2.45) is 5.41 Å². The van der Waals surface area contributed by atoms with Gasteiger partial charge >= 0.3 is 0 Å². The van der Waals surface area contributed by atoms with E-state index in [1.54, 1.807) is 6.20 Å². The van der Waals surface area contributed by atoms with Crippen molar-refractivity contribution < 1.29 is 0 Å². The van der Waals surface area contributed by atoms with Gasteiger partial charge in [0.05, 0.1) is 17.6 Å². The largest absolute Gasteiger partial charge is 0.252 e. The van der Waals surface area contributed by atoms with Crippen LogP contribution in [0.1, 0.15) is 65.8 Å². The monoisotopic (exact) mass is 326 g/mol. The van der Waals surface area contributed by atoms with Crippen LogP contribution >= 0.6 is 15.9 Å². The topological polar surface area (TPSA) is 25.8 Å². The van der Waals surface area contributed by atoms with Gasteiger partial charge in [-0.15, -0.1) is 0 Å². The van der Waals surface area contributed by atoms with Gasteiger partial charge in [-0.1, -0.05) is 53.0 Å². The van der Waals surface area contributed by atoms with Crippen molar-refractivity contribution in [1.29, 1.82) is 0 Å². The number of halogens is 1. The number of hydrogen-bond donors (Lipinski definition) is 0. The molecule has 0 aromatic carbocycles. The van der Waals surface area contributed by atoms with Crippen molar-refractivity contribution >= 4 is 22.0 Å². The molecule has 108 valence electrons. The highest BCUT2D eigenvalue weighted by atomic mass is 79.9. The molecule has 0 spiro atoms. The summed E-state index contributed by atoms with van der Waals surface area (Å²) in [5.74, 6) is 0. The Labute approximate surface area is 126 Å². The summed E-state index contributed by atoms with van der Waals surface area (Å²) in [5.41, 5.74) is 3.39. The molecule has 0 amide bonds. The Morgan fingerprint density at radius 2 is 1.79 bits per heavy atom. The predicted molar refractivity (Wildman–Crippen MR) is 88.2 cm³/mol. The number of aryl methyl sites for hydroxylation is 1. The fraction of sp³-hybridized carbons (Fsp3) is 0.625. The van der Waals surface area contributed by atoms with Gasteiger partial charge in [-0.25, -0.2) is 4.98 Å². The Morgan fingerprint density at radius 1 is 1.26 bits per heavy atom. The number of nitrogens with zero attached hydrogens (tertiary/aromatic N) is 2. The van der Waals surface area contributed by atoms with E-state index in [-0.39, 0.29) is 5.41 Å². The zero-order valence-electron chi connectivity index (χ0n) is 13.3. The number of unbranched alkanes of at least 4 members (excludes halogenated alkanes) is 1. The molecule has 1 aromatic rings. The first-order valence-corrected chi connectivity index (χ1v) is 7.69. The number of hydrogen-bond acceptors (Lipinski definition) is 2. The van der Waals surface area contributed by atoms with Crippen molar-refractivity contribution in [3.8, 4) is 0 Å². The highest BCUT2D eigenvalue weighted by molar-refractivity contribution is 9.10. The van der Waals surface area contributed by atoms with Crippen molar-refractivity contribution in [1.82, 2.24) is 9.97 Å². The molecule has 0 aliphatic heterocycles. The van der Waals surface area contributed by atoms with Crippen LogP contribution in [0.15, 0.2) is 16.4 Å². The van der Waals surface area contributed by atoms with Crippen LogP contribution in [-0.4, -0.2) is 9.97 Å². The smallest absolute Gasteiger partial charge is 0.124 e. The van der Waals surface area contributed by atoms with Crippen LogP contribution in [0.5, 0.6) is 0 Å². The molecule has 0 saturated heterocycles. The maximum Gasteiger partial charge on any atom is 0.124 e. The second-order valence-electron chi connectivity index (χ2n) is 5.74. The highest BCUT2D eigenvalue weighted by Crippen LogP contribution is 2.26. The minimum Gasteiger partial charge on any atom is -0.252 e. The van der Waals surface area contributed by atoms with E-state index in [1.807, 2.05) is 6.92 Å². The van der Waals surface area contributed by atoms with E-state index in [4.69, 9.17) is 0 Å². The van der Waals surface area contributed by atoms with E-state index >= 15 is 0 Å². The van der Waals surface area contributed by atoms with E-state index in [0.29, 0.717) is 0 Å². The molecule has 0 radical (unpaired) electrons. The van der Waals surface area contributed by atoms with Gasteiger partial charge in [0.25, 0.3) is 0 Å². The summed E-state index contributed by atoms with van der Waals surface area (Å²) in [6.45, 7) is 15.0. The molecule has 0 unspecified atom stereocenters. The molecule has 0 fully saturated rings. The highest BCUT2D eigenvalue weighted by Gasteiger charge is 2.13. The Morgan fingerprint density at radius 3 is 2.16 bits per heavy atom. The van der Waals surface area contributed by atoms with Crippen molar-refractivity contribution in [3.05, 3.63) is 27.8 Å².